The topological polar surface area (TPSA) is 55.0 Å². The molecule has 0 bridgehead atoms. The van der Waals surface area contributed by atoms with Crippen LogP contribution in [-0.2, 0) is 0 Å². The molecule has 0 aliphatic carbocycles. The number of hydrogen-bond donors (Lipinski definition) is 1. The number of aromatic nitrogens is 2. The van der Waals surface area contributed by atoms with E-state index in [0.717, 1.165) is 36.7 Å². The molecule has 0 amide bonds. The zero-order valence-corrected chi connectivity index (χ0v) is 10.3. The number of aryl methyl sites for hydroxylation is 2. The van der Waals surface area contributed by atoms with Gasteiger partial charge in [0.1, 0.15) is 5.82 Å². The van der Waals surface area contributed by atoms with Crippen LogP contribution in [0.2, 0.25) is 0 Å². The smallest absolute Gasteiger partial charge is 0.150 e. The van der Waals surface area contributed by atoms with Crippen LogP contribution in [0.4, 0.5) is 5.82 Å². The molecule has 88 valence electrons. The summed E-state index contributed by atoms with van der Waals surface area (Å²) in [7, 11) is 0. The number of piperidine rings is 1. The molecule has 1 aromatic rings. The van der Waals surface area contributed by atoms with Gasteiger partial charge in [-0.3, -0.25) is 4.98 Å². The van der Waals surface area contributed by atoms with Crippen LogP contribution in [0, 0.1) is 19.8 Å². The van der Waals surface area contributed by atoms with Crippen molar-refractivity contribution in [2.24, 2.45) is 11.7 Å². The van der Waals surface area contributed by atoms with E-state index in [4.69, 9.17) is 5.73 Å². The van der Waals surface area contributed by atoms with Gasteiger partial charge in [0.25, 0.3) is 0 Å². The van der Waals surface area contributed by atoms with Gasteiger partial charge in [-0.2, -0.15) is 0 Å². The Balaban J connectivity index is 2.21. The first-order chi connectivity index (χ1) is 7.58. The maximum absolute atomic E-state index is 6.10. The van der Waals surface area contributed by atoms with Crippen LogP contribution in [0.5, 0.6) is 0 Å². The Hall–Kier alpha value is -1.16. The van der Waals surface area contributed by atoms with Crippen LogP contribution >= 0.6 is 0 Å². The summed E-state index contributed by atoms with van der Waals surface area (Å²) >= 11 is 0. The molecule has 1 aliphatic rings. The standard InChI is InChI=1S/C12H20N4/c1-8-4-5-16(7-11(8)13)12-10(3)14-6-9(2)15-12/h6,8,11H,4-5,7,13H2,1-3H3. The molecule has 0 spiro atoms. The third-order valence-electron chi connectivity index (χ3n) is 3.37. The van der Waals surface area contributed by atoms with Crippen molar-refractivity contribution < 1.29 is 0 Å². The third kappa shape index (κ3) is 2.16. The van der Waals surface area contributed by atoms with Crippen molar-refractivity contribution in [3.05, 3.63) is 17.6 Å². The molecule has 2 unspecified atom stereocenters. The Bertz CT molecular complexity index is 377. The van der Waals surface area contributed by atoms with E-state index in [-0.39, 0.29) is 6.04 Å². The van der Waals surface area contributed by atoms with Crippen molar-refractivity contribution >= 4 is 5.82 Å². The minimum Gasteiger partial charge on any atom is -0.354 e. The summed E-state index contributed by atoms with van der Waals surface area (Å²) in [5.41, 5.74) is 8.06. The van der Waals surface area contributed by atoms with Gasteiger partial charge in [-0.25, -0.2) is 4.98 Å². The van der Waals surface area contributed by atoms with Crippen molar-refractivity contribution in [3.8, 4) is 0 Å². The lowest BCUT2D eigenvalue weighted by Crippen LogP contribution is -2.48. The number of nitrogens with zero attached hydrogens (tertiary/aromatic N) is 3. The van der Waals surface area contributed by atoms with Gasteiger partial charge < -0.3 is 10.6 Å². The Kier molecular flexibility index (Phi) is 3.10. The minimum atomic E-state index is 0.246. The number of rotatable bonds is 1. The Morgan fingerprint density at radius 3 is 2.88 bits per heavy atom. The minimum absolute atomic E-state index is 0.246. The predicted octanol–water partition coefficient (Wildman–Crippen LogP) is 1.27. The fourth-order valence-corrected chi connectivity index (χ4v) is 2.12. The second-order valence-corrected chi connectivity index (χ2v) is 4.80. The highest BCUT2D eigenvalue weighted by atomic mass is 15.2. The lowest BCUT2D eigenvalue weighted by Gasteiger charge is -2.36. The van der Waals surface area contributed by atoms with E-state index in [1.807, 2.05) is 20.0 Å². The zero-order chi connectivity index (χ0) is 11.7. The summed E-state index contributed by atoms with van der Waals surface area (Å²) in [6.45, 7) is 8.12. The molecule has 2 N–H and O–H groups in total. The highest BCUT2D eigenvalue weighted by molar-refractivity contribution is 5.44. The largest absolute Gasteiger partial charge is 0.354 e. The summed E-state index contributed by atoms with van der Waals surface area (Å²) < 4.78 is 0. The molecule has 0 radical (unpaired) electrons. The predicted molar refractivity (Wildman–Crippen MR) is 65.5 cm³/mol. The van der Waals surface area contributed by atoms with E-state index in [1.165, 1.54) is 0 Å². The van der Waals surface area contributed by atoms with Gasteiger partial charge >= 0.3 is 0 Å². The summed E-state index contributed by atoms with van der Waals surface area (Å²) in [5.74, 6) is 1.61. The highest BCUT2D eigenvalue weighted by Crippen LogP contribution is 2.22. The van der Waals surface area contributed by atoms with Gasteiger partial charge in [-0.15, -0.1) is 0 Å². The average Bonchev–Trinajstić information content (AvgIpc) is 2.26. The molecule has 1 fully saturated rings. The molecule has 1 aliphatic heterocycles. The number of hydrogen-bond acceptors (Lipinski definition) is 4. The molecule has 2 heterocycles. The van der Waals surface area contributed by atoms with E-state index < -0.39 is 0 Å². The summed E-state index contributed by atoms with van der Waals surface area (Å²) in [4.78, 5) is 11.2. The zero-order valence-electron chi connectivity index (χ0n) is 10.3. The highest BCUT2D eigenvalue weighted by Gasteiger charge is 2.25. The lowest BCUT2D eigenvalue weighted by molar-refractivity contribution is 0.377. The van der Waals surface area contributed by atoms with E-state index >= 15 is 0 Å². The lowest BCUT2D eigenvalue weighted by atomic mass is 9.94. The van der Waals surface area contributed by atoms with Crippen molar-refractivity contribution in [2.75, 3.05) is 18.0 Å². The van der Waals surface area contributed by atoms with Crippen LogP contribution < -0.4 is 10.6 Å². The van der Waals surface area contributed by atoms with Gasteiger partial charge in [-0.1, -0.05) is 6.92 Å². The second kappa shape index (κ2) is 4.37. The van der Waals surface area contributed by atoms with Crippen LogP contribution in [0.15, 0.2) is 6.20 Å². The molecule has 1 saturated heterocycles. The second-order valence-electron chi connectivity index (χ2n) is 4.80. The van der Waals surface area contributed by atoms with Crippen LogP contribution in [0.25, 0.3) is 0 Å². The molecule has 4 nitrogen and oxygen atoms in total. The molecule has 2 rings (SSSR count). The first-order valence-electron chi connectivity index (χ1n) is 5.88. The van der Waals surface area contributed by atoms with E-state index in [0.29, 0.717) is 5.92 Å². The van der Waals surface area contributed by atoms with Crippen LogP contribution in [-0.4, -0.2) is 29.1 Å². The molecule has 1 aromatic heterocycles. The maximum atomic E-state index is 6.10. The molecule has 0 saturated carbocycles. The third-order valence-corrected chi connectivity index (χ3v) is 3.37. The van der Waals surface area contributed by atoms with Crippen molar-refractivity contribution in [3.63, 3.8) is 0 Å². The quantitative estimate of drug-likeness (QED) is 0.774. The summed E-state index contributed by atoms with van der Waals surface area (Å²) in [6.07, 6.45) is 2.95. The first kappa shape index (κ1) is 11.3. The van der Waals surface area contributed by atoms with Crippen molar-refractivity contribution in [1.29, 1.82) is 0 Å². The monoisotopic (exact) mass is 220 g/mol. The van der Waals surface area contributed by atoms with E-state index in [1.54, 1.807) is 0 Å². The average molecular weight is 220 g/mol. The molecule has 2 atom stereocenters. The summed E-state index contributed by atoms with van der Waals surface area (Å²) in [5, 5.41) is 0. The molecule has 0 aromatic carbocycles. The normalized spacial score (nSPS) is 25.9. The van der Waals surface area contributed by atoms with Gasteiger partial charge in [0.2, 0.25) is 0 Å². The van der Waals surface area contributed by atoms with Crippen LogP contribution in [0.1, 0.15) is 24.7 Å². The Morgan fingerprint density at radius 1 is 1.44 bits per heavy atom. The fraction of sp³-hybridized carbons (Fsp3) is 0.667. The Labute approximate surface area is 96.9 Å². The Morgan fingerprint density at radius 2 is 2.19 bits per heavy atom. The van der Waals surface area contributed by atoms with Crippen molar-refractivity contribution in [1.82, 2.24) is 9.97 Å². The summed E-state index contributed by atoms with van der Waals surface area (Å²) in [6, 6.07) is 0.246. The van der Waals surface area contributed by atoms with Crippen molar-refractivity contribution in [2.45, 2.75) is 33.2 Å². The molecular weight excluding hydrogens is 200 g/mol. The van der Waals surface area contributed by atoms with Crippen LogP contribution in [0.3, 0.4) is 0 Å². The van der Waals surface area contributed by atoms with E-state index in [9.17, 15) is 0 Å². The molecular formula is C12H20N4. The van der Waals surface area contributed by atoms with Gasteiger partial charge in [0.05, 0.1) is 11.4 Å². The number of nitrogens with two attached hydrogens (primary N) is 1. The molecule has 4 heteroatoms. The van der Waals surface area contributed by atoms with E-state index in [2.05, 4.69) is 21.8 Å². The molecule has 16 heavy (non-hydrogen) atoms. The number of anilines is 1. The maximum Gasteiger partial charge on any atom is 0.150 e. The first-order valence-corrected chi connectivity index (χ1v) is 5.88. The van der Waals surface area contributed by atoms with Gasteiger partial charge in [0, 0.05) is 25.3 Å². The van der Waals surface area contributed by atoms with Gasteiger partial charge in [0.15, 0.2) is 0 Å². The SMILES string of the molecule is Cc1cnc(C)c(N2CCC(C)C(N)C2)n1. The van der Waals surface area contributed by atoms with Gasteiger partial charge in [-0.05, 0) is 26.2 Å². The fourth-order valence-electron chi connectivity index (χ4n) is 2.12.